The van der Waals surface area contributed by atoms with Gasteiger partial charge in [-0.05, 0) is 42.8 Å². The molecule has 0 N–H and O–H groups in total. The average molecular weight is 312 g/mol. The third-order valence-corrected chi connectivity index (χ3v) is 3.76. The van der Waals surface area contributed by atoms with Crippen molar-refractivity contribution >= 4 is 11.6 Å². The smallest absolute Gasteiger partial charge is 0.253 e. The topological polar surface area (TPSA) is 32.8 Å². The lowest BCUT2D eigenvalue weighted by Crippen LogP contribution is -2.30. The third-order valence-electron chi connectivity index (χ3n) is 3.76. The molecule has 2 aromatic carbocycles. The number of para-hydroxylation sites is 1. The Morgan fingerprint density at radius 3 is 2.26 bits per heavy atom. The Morgan fingerprint density at radius 1 is 1.00 bits per heavy atom. The largest absolute Gasteiger partial charge is 0.491 e. The molecule has 2 rings (SSSR count). The number of carbonyl (C=O) groups is 1. The van der Waals surface area contributed by atoms with Gasteiger partial charge in [0, 0.05) is 32.4 Å². The maximum absolute atomic E-state index is 12.4. The van der Waals surface area contributed by atoms with E-state index in [2.05, 4.69) is 0 Å². The molecule has 2 aromatic rings. The van der Waals surface area contributed by atoms with Crippen molar-refractivity contribution < 1.29 is 9.53 Å². The Kier molecular flexibility index (Phi) is 5.63. The monoisotopic (exact) mass is 312 g/mol. The molecule has 23 heavy (non-hydrogen) atoms. The summed E-state index contributed by atoms with van der Waals surface area (Å²) in [5.41, 5.74) is 2.86. The number of ether oxygens (including phenoxy) is 1. The highest BCUT2D eigenvalue weighted by Gasteiger charge is 2.12. The number of benzene rings is 2. The lowest BCUT2D eigenvalue weighted by atomic mass is 10.2. The SMILES string of the molecule is Cc1ccccc1OCCN(C)C(=O)c1ccc(N(C)C)cc1. The fraction of sp³-hybridized carbons (Fsp3) is 0.316. The van der Waals surface area contributed by atoms with Crippen LogP contribution in [0.3, 0.4) is 0 Å². The van der Waals surface area contributed by atoms with E-state index in [0.717, 1.165) is 17.0 Å². The van der Waals surface area contributed by atoms with Crippen molar-refractivity contribution in [3.63, 3.8) is 0 Å². The number of carbonyl (C=O) groups excluding carboxylic acids is 1. The number of anilines is 1. The van der Waals surface area contributed by atoms with Gasteiger partial charge in [-0.1, -0.05) is 18.2 Å². The van der Waals surface area contributed by atoms with Crippen LogP contribution < -0.4 is 9.64 Å². The van der Waals surface area contributed by atoms with E-state index in [1.807, 2.05) is 74.4 Å². The second kappa shape index (κ2) is 7.68. The van der Waals surface area contributed by atoms with E-state index in [1.165, 1.54) is 0 Å². The van der Waals surface area contributed by atoms with E-state index in [4.69, 9.17) is 4.74 Å². The summed E-state index contributed by atoms with van der Waals surface area (Å²) >= 11 is 0. The second-order valence-corrected chi connectivity index (χ2v) is 5.78. The number of aryl methyl sites for hydroxylation is 1. The molecule has 0 unspecified atom stereocenters. The van der Waals surface area contributed by atoms with E-state index < -0.39 is 0 Å². The Morgan fingerprint density at radius 2 is 1.65 bits per heavy atom. The maximum Gasteiger partial charge on any atom is 0.253 e. The van der Waals surface area contributed by atoms with Crippen molar-refractivity contribution in [2.45, 2.75) is 6.92 Å². The molecule has 0 atom stereocenters. The van der Waals surface area contributed by atoms with Crippen LogP contribution in [0, 0.1) is 6.92 Å². The van der Waals surface area contributed by atoms with Gasteiger partial charge in [0.15, 0.2) is 0 Å². The first-order valence-corrected chi connectivity index (χ1v) is 7.70. The highest BCUT2D eigenvalue weighted by Crippen LogP contribution is 2.16. The fourth-order valence-corrected chi connectivity index (χ4v) is 2.23. The first-order valence-electron chi connectivity index (χ1n) is 7.70. The summed E-state index contributed by atoms with van der Waals surface area (Å²) in [6, 6.07) is 15.5. The molecule has 0 heterocycles. The van der Waals surface area contributed by atoms with Crippen LogP contribution in [0.1, 0.15) is 15.9 Å². The van der Waals surface area contributed by atoms with E-state index in [9.17, 15) is 4.79 Å². The van der Waals surface area contributed by atoms with Crippen LogP contribution >= 0.6 is 0 Å². The Hall–Kier alpha value is -2.49. The van der Waals surface area contributed by atoms with Crippen LogP contribution in [-0.4, -0.2) is 45.1 Å². The summed E-state index contributed by atoms with van der Waals surface area (Å²) in [5.74, 6) is 0.868. The van der Waals surface area contributed by atoms with Crippen molar-refractivity contribution in [2.75, 3.05) is 39.2 Å². The van der Waals surface area contributed by atoms with E-state index in [1.54, 1.807) is 11.9 Å². The van der Waals surface area contributed by atoms with Gasteiger partial charge in [0.05, 0.1) is 6.54 Å². The fourth-order valence-electron chi connectivity index (χ4n) is 2.23. The Balaban J connectivity index is 1.88. The molecule has 0 spiro atoms. The van der Waals surface area contributed by atoms with E-state index in [-0.39, 0.29) is 5.91 Å². The zero-order valence-corrected chi connectivity index (χ0v) is 14.2. The number of amides is 1. The lowest BCUT2D eigenvalue weighted by Gasteiger charge is -2.19. The summed E-state index contributed by atoms with van der Waals surface area (Å²) < 4.78 is 5.74. The van der Waals surface area contributed by atoms with Gasteiger partial charge >= 0.3 is 0 Å². The van der Waals surface area contributed by atoms with Gasteiger partial charge in [0.2, 0.25) is 0 Å². The zero-order chi connectivity index (χ0) is 16.8. The molecule has 0 fully saturated rings. The van der Waals surface area contributed by atoms with Gasteiger partial charge in [-0.3, -0.25) is 4.79 Å². The van der Waals surface area contributed by atoms with Gasteiger partial charge in [0.25, 0.3) is 5.91 Å². The molecule has 122 valence electrons. The maximum atomic E-state index is 12.4. The normalized spacial score (nSPS) is 10.3. The molecular formula is C19H24N2O2. The summed E-state index contributed by atoms with van der Waals surface area (Å²) in [6.07, 6.45) is 0. The van der Waals surface area contributed by atoms with Gasteiger partial charge in [-0.15, -0.1) is 0 Å². The average Bonchev–Trinajstić information content (AvgIpc) is 2.56. The molecule has 0 aromatic heterocycles. The number of hydrogen-bond acceptors (Lipinski definition) is 3. The van der Waals surface area contributed by atoms with Crippen LogP contribution in [0.25, 0.3) is 0 Å². The number of nitrogens with zero attached hydrogens (tertiary/aromatic N) is 2. The first kappa shape index (κ1) is 16.9. The molecule has 4 heteroatoms. The number of likely N-dealkylation sites (N-methyl/N-ethyl adjacent to an activating group) is 1. The van der Waals surface area contributed by atoms with Crippen molar-refractivity contribution in [1.29, 1.82) is 0 Å². The van der Waals surface area contributed by atoms with E-state index in [0.29, 0.717) is 18.7 Å². The highest BCUT2D eigenvalue weighted by atomic mass is 16.5. The quantitative estimate of drug-likeness (QED) is 0.821. The second-order valence-electron chi connectivity index (χ2n) is 5.78. The lowest BCUT2D eigenvalue weighted by molar-refractivity contribution is 0.0773. The third kappa shape index (κ3) is 4.49. The van der Waals surface area contributed by atoms with Crippen molar-refractivity contribution in [3.8, 4) is 5.75 Å². The van der Waals surface area contributed by atoms with Gasteiger partial charge in [-0.2, -0.15) is 0 Å². The molecule has 0 saturated carbocycles. The minimum absolute atomic E-state index is 0.00342. The van der Waals surface area contributed by atoms with Crippen molar-refractivity contribution in [3.05, 3.63) is 59.7 Å². The minimum atomic E-state index is 0.00342. The number of hydrogen-bond donors (Lipinski definition) is 0. The van der Waals surface area contributed by atoms with Crippen LogP contribution in [0.5, 0.6) is 5.75 Å². The molecule has 0 radical (unpaired) electrons. The Bertz CT molecular complexity index is 651. The number of rotatable bonds is 6. The van der Waals surface area contributed by atoms with Crippen LogP contribution in [0.4, 0.5) is 5.69 Å². The molecule has 0 aliphatic carbocycles. The Labute approximate surface area is 138 Å². The molecule has 0 bridgehead atoms. The predicted octanol–water partition coefficient (Wildman–Crippen LogP) is 3.21. The molecular weight excluding hydrogens is 288 g/mol. The van der Waals surface area contributed by atoms with Crippen molar-refractivity contribution in [1.82, 2.24) is 4.90 Å². The molecule has 4 nitrogen and oxygen atoms in total. The van der Waals surface area contributed by atoms with Gasteiger partial charge in [0.1, 0.15) is 12.4 Å². The van der Waals surface area contributed by atoms with Crippen molar-refractivity contribution in [2.24, 2.45) is 0 Å². The molecule has 0 aliphatic rings. The summed E-state index contributed by atoms with van der Waals surface area (Å²) in [7, 11) is 5.75. The van der Waals surface area contributed by atoms with Crippen LogP contribution in [0.15, 0.2) is 48.5 Å². The van der Waals surface area contributed by atoms with Crippen LogP contribution in [0.2, 0.25) is 0 Å². The molecule has 1 amide bonds. The van der Waals surface area contributed by atoms with Gasteiger partial charge < -0.3 is 14.5 Å². The predicted molar refractivity (Wildman–Crippen MR) is 94.4 cm³/mol. The minimum Gasteiger partial charge on any atom is -0.491 e. The summed E-state index contributed by atoms with van der Waals surface area (Å²) in [4.78, 5) is 16.1. The first-order chi connectivity index (χ1) is 11.0. The summed E-state index contributed by atoms with van der Waals surface area (Å²) in [5, 5.41) is 0. The van der Waals surface area contributed by atoms with Gasteiger partial charge in [-0.25, -0.2) is 0 Å². The highest BCUT2D eigenvalue weighted by molar-refractivity contribution is 5.94. The standard InChI is InChI=1S/C19H24N2O2/c1-15-7-5-6-8-18(15)23-14-13-21(4)19(22)16-9-11-17(12-10-16)20(2)3/h5-12H,13-14H2,1-4H3. The van der Waals surface area contributed by atoms with Crippen LogP contribution in [-0.2, 0) is 0 Å². The molecule has 0 aliphatic heterocycles. The summed E-state index contributed by atoms with van der Waals surface area (Å²) in [6.45, 7) is 3.03. The van der Waals surface area contributed by atoms with E-state index >= 15 is 0 Å². The molecule has 0 saturated heterocycles. The zero-order valence-electron chi connectivity index (χ0n) is 14.2.